The Morgan fingerprint density at radius 2 is 1.77 bits per heavy atom. The summed E-state index contributed by atoms with van der Waals surface area (Å²) in [5.41, 5.74) is -0.225. The number of carbonyl (C=O) groups is 3. The first-order chi connectivity index (χ1) is 18.2. The molecule has 2 saturated heterocycles. The van der Waals surface area contributed by atoms with E-state index in [2.05, 4.69) is 5.32 Å². The molecule has 8 nitrogen and oxygen atoms in total. The van der Waals surface area contributed by atoms with Crippen molar-refractivity contribution in [2.75, 3.05) is 19.8 Å². The highest BCUT2D eigenvalue weighted by atomic mass is 32.2. The molecule has 2 aliphatic heterocycles. The van der Waals surface area contributed by atoms with E-state index in [0.717, 1.165) is 24.8 Å². The molecule has 0 bridgehead atoms. The van der Waals surface area contributed by atoms with E-state index in [-0.39, 0.29) is 40.7 Å². The number of rotatable bonds is 6. The van der Waals surface area contributed by atoms with Crippen LogP contribution in [0, 0.1) is 11.8 Å². The fourth-order valence-electron chi connectivity index (χ4n) is 5.72. The van der Waals surface area contributed by atoms with Crippen LogP contribution in [0.25, 0.3) is 0 Å². The zero-order valence-electron chi connectivity index (χ0n) is 21.3. The predicted molar refractivity (Wildman–Crippen MR) is 134 cm³/mol. The molecule has 1 N–H and O–H groups in total. The molecule has 5 rings (SSSR count). The van der Waals surface area contributed by atoms with Gasteiger partial charge in [0.15, 0.2) is 9.84 Å². The Balaban J connectivity index is 1.40. The molecule has 2 aromatic rings. The van der Waals surface area contributed by atoms with Crippen molar-refractivity contribution >= 4 is 27.6 Å². The molecule has 3 fully saturated rings. The number of nitrogens with one attached hydrogen (secondary N) is 1. The molecule has 1 aliphatic carbocycles. The van der Waals surface area contributed by atoms with Gasteiger partial charge in [-0.05, 0) is 54.7 Å². The maximum Gasteiger partial charge on any atom is 0.416 e. The van der Waals surface area contributed by atoms with Gasteiger partial charge < -0.3 is 15.1 Å². The third-order valence-corrected chi connectivity index (χ3v) is 9.00. The highest BCUT2D eigenvalue weighted by Crippen LogP contribution is 2.48. The number of piperidine rings is 1. The average molecular weight is 564 g/mol. The molecule has 1 saturated carbocycles. The van der Waals surface area contributed by atoms with Crippen LogP contribution in [0.2, 0.25) is 0 Å². The van der Waals surface area contributed by atoms with Crippen LogP contribution in [0.1, 0.15) is 46.8 Å². The highest BCUT2D eigenvalue weighted by molar-refractivity contribution is 7.90. The molecule has 5 atom stereocenters. The molecule has 2 aromatic carbocycles. The molecule has 0 aromatic heterocycles. The maximum absolute atomic E-state index is 13.6. The second-order valence-corrected chi connectivity index (χ2v) is 12.7. The number of likely N-dealkylation sites (tertiary alicyclic amines) is 2. The first-order valence-corrected chi connectivity index (χ1v) is 14.5. The normalized spacial score (nSPS) is 25.4. The summed E-state index contributed by atoms with van der Waals surface area (Å²) in [6, 6.07) is 8.49. The van der Waals surface area contributed by atoms with Crippen LogP contribution in [0.5, 0.6) is 0 Å². The molecule has 2 heterocycles. The fourth-order valence-corrected chi connectivity index (χ4v) is 6.38. The van der Waals surface area contributed by atoms with Gasteiger partial charge in [-0.3, -0.25) is 14.4 Å². The van der Waals surface area contributed by atoms with Gasteiger partial charge in [0.25, 0.3) is 5.91 Å². The summed E-state index contributed by atoms with van der Waals surface area (Å²) >= 11 is 0. The molecule has 12 heteroatoms. The van der Waals surface area contributed by atoms with Gasteiger partial charge in [0.1, 0.15) is 6.04 Å². The van der Waals surface area contributed by atoms with E-state index in [9.17, 15) is 36.0 Å². The summed E-state index contributed by atoms with van der Waals surface area (Å²) < 4.78 is 63.4. The molecular weight excluding hydrogens is 535 g/mol. The SMILES string of the molecule is CN1CC(C(NC(=O)[C@H]2C[C@H]3C[C@H]3N2C(=O)c2cccc(S(C)(=O)=O)c2)c2ccc(C(F)(F)F)cc2)CC1=O. The summed E-state index contributed by atoms with van der Waals surface area (Å²) in [4.78, 5) is 42.4. The largest absolute Gasteiger partial charge is 0.416 e. The van der Waals surface area contributed by atoms with Gasteiger partial charge in [0, 0.05) is 43.8 Å². The summed E-state index contributed by atoms with van der Waals surface area (Å²) in [5.74, 6) is -1.26. The van der Waals surface area contributed by atoms with Crippen LogP contribution in [0.15, 0.2) is 53.4 Å². The van der Waals surface area contributed by atoms with E-state index in [1.54, 1.807) is 7.05 Å². The van der Waals surface area contributed by atoms with E-state index in [1.165, 1.54) is 46.2 Å². The molecular formula is C27H28F3N3O5S. The third-order valence-electron chi connectivity index (χ3n) is 7.89. The Bertz CT molecular complexity index is 1430. The van der Waals surface area contributed by atoms with Gasteiger partial charge in [-0.2, -0.15) is 13.2 Å². The predicted octanol–water partition coefficient (Wildman–Crippen LogP) is 3.05. The van der Waals surface area contributed by atoms with Crippen LogP contribution in [-0.2, 0) is 25.6 Å². The van der Waals surface area contributed by atoms with Crippen LogP contribution in [0.4, 0.5) is 13.2 Å². The number of hydrogen-bond acceptors (Lipinski definition) is 5. The van der Waals surface area contributed by atoms with Crippen LogP contribution < -0.4 is 5.32 Å². The van der Waals surface area contributed by atoms with Gasteiger partial charge in [0.2, 0.25) is 11.8 Å². The molecule has 208 valence electrons. The minimum Gasteiger partial charge on any atom is -0.347 e. The number of sulfone groups is 1. The summed E-state index contributed by atoms with van der Waals surface area (Å²) in [6.45, 7) is 0.321. The van der Waals surface area contributed by atoms with Crippen molar-refractivity contribution in [2.45, 2.75) is 48.5 Å². The lowest BCUT2D eigenvalue weighted by atomic mass is 9.91. The number of fused-ring (bicyclic) bond motifs is 1. The zero-order chi connectivity index (χ0) is 28.3. The van der Waals surface area contributed by atoms with Crippen molar-refractivity contribution in [3.05, 3.63) is 65.2 Å². The van der Waals surface area contributed by atoms with Crippen LogP contribution in [0.3, 0.4) is 0 Å². The summed E-state index contributed by atoms with van der Waals surface area (Å²) in [6.07, 6.45) is -2.17. The topological polar surface area (TPSA) is 104 Å². The van der Waals surface area contributed by atoms with Gasteiger partial charge in [-0.25, -0.2) is 8.42 Å². The van der Waals surface area contributed by atoms with Crippen molar-refractivity contribution in [1.29, 1.82) is 0 Å². The van der Waals surface area contributed by atoms with E-state index in [0.29, 0.717) is 18.5 Å². The fraction of sp³-hybridized carbons (Fsp3) is 0.444. The molecule has 0 radical (unpaired) electrons. The van der Waals surface area contributed by atoms with Gasteiger partial charge >= 0.3 is 6.18 Å². The molecule has 3 amide bonds. The number of halogens is 3. The average Bonchev–Trinajstić information content (AvgIpc) is 3.41. The summed E-state index contributed by atoms with van der Waals surface area (Å²) in [7, 11) is -1.92. The third kappa shape index (κ3) is 5.39. The molecule has 0 spiro atoms. The van der Waals surface area contributed by atoms with E-state index in [1.807, 2.05) is 0 Å². The number of amides is 3. The number of hydrogen-bond donors (Lipinski definition) is 1. The zero-order valence-corrected chi connectivity index (χ0v) is 22.1. The first kappa shape index (κ1) is 27.2. The Hall–Kier alpha value is -3.41. The van der Waals surface area contributed by atoms with Crippen LogP contribution in [-0.4, -0.2) is 67.9 Å². The number of alkyl halides is 3. The van der Waals surface area contributed by atoms with Gasteiger partial charge in [-0.15, -0.1) is 0 Å². The van der Waals surface area contributed by atoms with Gasteiger partial charge in [-0.1, -0.05) is 18.2 Å². The van der Waals surface area contributed by atoms with E-state index >= 15 is 0 Å². The number of nitrogens with zero attached hydrogens (tertiary/aromatic N) is 2. The van der Waals surface area contributed by atoms with Crippen molar-refractivity contribution in [3.8, 4) is 0 Å². The second-order valence-electron chi connectivity index (χ2n) is 10.7. The van der Waals surface area contributed by atoms with Crippen LogP contribution >= 0.6 is 0 Å². The minimum atomic E-state index is -4.51. The first-order valence-electron chi connectivity index (χ1n) is 12.6. The van der Waals surface area contributed by atoms with Crippen molar-refractivity contribution < 1.29 is 36.0 Å². The smallest absolute Gasteiger partial charge is 0.347 e. The Labute approximate surface area is 224 Å². The lowest BCUT2D eigenvalue weighted by molar-refractivity contribution is -0.137. The standard InChI is InChI=1S/C27H28F3N3O5S/c1-32-14-18(13-23(32)34)24(15-6-8-19(9-7-15)27(28,29)30)31-25(35)22-12-17-11-21(17)33(22)26(36)16-4-3-5-20(10-16)39(2,37)38/h3-10,17-18,21-22,24H,11-14H2,1-2H3,(H,31,35)/t17-,18?,21-,22-,24?/m1/s1. The molecule has 2 unspecified atom stereocenters. The monoisotopic (exact) mass is 563 g/mol. The molecule has 39 heavy (non-hydrogen) atoms. The number of benzene rings is 2. The maximum atomic E-state index is 13.6. The van der Waals surface area contributed by atoms with E-state index in [4.69, 9.17) is 0 Å². The number of carbonyl (C=O) groups excluding carboxylic acids is 3. The van der Waals surface area contributed by atoms with Crippen molar-refractivity contribution in [1.82, 2.24) is 15.1 Å². The minimum absolute atomic E-state index is 0.00159. The Morgan fingerprint density at radius 1 is 1.08 bits per heavy atom. The second kappa shape index (κ2) is 9.65. The van der Waals surface area contributed by atoms with Crippen molar-refractivity contribution in [3.63, 3.8) is 0 Å². The molecule has 3 aliphatic rings. The summed E-state index contributed by atoms with van der Waals surface area (Å²) in [5, 5.41) is 2.94. The van der Waals surface area contributed by atoms with Crippen molar-refractivity contribution in [2.24, 2.45) is 11.8 Å². The quantitative estimate of drug-likeness (QED) is 0.582. The van der Waals surface area contributed by atoms with E-state index < -0.39 is 45.5 Å². The highest BCUT2D eigenvalue weighted by Gasteiger charge is 2.56. The van der Waals surface area contributed by atoms with Gasteiger partial charge in [0.05, 0.1) is 16.5 Å². The Morgan fingerprint density at radius 3 is 2.36 bits per heavy atom. The lowest BCUT2D eigenvalue weighted by Gasteiger charge is -2.31. The Kier molecular flexibility index (Phi) is 6.72. The lowest BCUT2D eigenvalue weighted by Crippen LogP contribution is -2.49.